The van der Waals surface area contributed by atoms with Crippen LogP contribution in [0.4, 0.5) is 5.13 Å². The Morgan fingerprint density at radius 3 is 3.04 bits per heavy atom. The summed E-state index contributed by atoms with van der Waals surface area (Å²) in [6.07, 6.45) is 8.30. The molecule has 2 aromatic heterocycles. The Balaban J connectivity index is 1.57. The molecule has 1 amide bonds. The van der Waals surface area contributed by atoms with Crippen LogP contribution in [0.2, 0.25) is 0 Å². The predicted molar refractivity (Wildman–Crippen MR) is 99.1 cm³/mol. The lowest BCUT2D eigenvalue weighted by Gasteiger charge is -2.28. The number of nitrogens with zero attached hydrogens (tertiary/aromatic N) is 4. The summed E-state index contributed by atoms with van der Waals surface area (Å²) in [5, 5.41) is 4.93. The maximum Gasteiger partial charge on any atom is 0.261 e. The Kier molecular flexibility index (Phi) is 4.13. The molecule has 8 nitrogen and oxygen atoms in total. The predicted octanol–water partition coefficient (Wildman–Crippen LogP) is 1.64. The molecule has 0 atom stereocenters. The number of carbonyl (C=O) groups is 1. The van der Waals surface area contributed by atoms with Crippen LogP contribution in [0.1, 0.15) is 0 Å². The Labute approximate surface area is 153 Å². The lowest BCUT2D eigenvalue weighted by atomic mass is 10.1. The molecule has 10 heteroatoms. The Hall–Kier alpha value is -2.85. The van der Waals surface area contributed by atoms with Gasteiger partial charge in [-0.1, -0.05) is 0 Å². The zero-order valence-corrected chi connectivity index (χ0v) is 15.0. The summed E-state index contributed by atoms with van der Waals surface area (Å²) in [5.74, 6) is -0.390. The Bertz CT molecular complexity index is 1050. The van der Waals surface area contributed by atoms with Crippen LogP contribution in [-0.4, -0.2) is 47.3 Å². The SMILES string of the molecule is O=C(Nc1nc(-c2cccnc2)cs1)C1=CC=CN2CCS(=O)(=O)N=C12. The number of fused-ring (bicyclic) bond motifs is 1. The van der Waals surface area contributed by atoms with Crippen molar-refractivity contribution in [1.29, 1.82) is 0 Å². The number of pyridine rings is 1. The molecule has 26 heavy (non-hydrogen) atoms. The third kappa shape index (κ3) is 3.28. The minimum absolute atomic E-state index is 0.0727. The van der Waals surface area contributed by atoms with Gasteiger partial charge in [0.15, 0.2) is 11.0 Å². The van der Waals surface area contributed by atoms with Crippen molar-refractivity contribution < 1.29 is 13.2 Å². The molecule has 0 fully saturated rings. The number of aromatic nitrogens is 2. The van der Waals surface area contributed by atoms with E-state index in [9.17, 15) is 13.2 Å². The lowest BCUT2D eigenvalue weighted by Crippen LogP contribution is -2.40. The molecule has 0 bridgehead atoms. The molecule has 0 aromatic carbocycles. The normalized spacial score (nSPS) is 17.9. The van der Waals surface area contributed by atoms with Gasteiger partial charge in [0.1, 0.15) is 0 Å². The second-order valence-corrected chi connectivity index (χ2v) is 8.16. The van der Waals surface area contributed by atoms with Crippen LogP contribution in [0, 0.1) is 0 Å². The van der Waals surface area contributed by atoms with Gasteiger partial charge in [-0.15, -0.1) is 15.7 Å². The van der Waals surface area contributed by atoms with E-state index < -0.39 is 15.9 Å². The van der Waals surface area contributed by atoms with E-state index in [4.69, 9.17) is 0 Å². The zero-order chi connectivity index (χ0) is 18.1. The number of hydrogen-bond donors (Lipinski definition) is 1. The van der Waals surface area contributed by atoms with Gasteiger partial charge in [-0.2, -0.15) is 0 Å². The van der Waals surface area contributed by atoms with Crippen molar-refractivity contribution in [2.24, 2.45) is 4.40 Å². The van der Waals surface area contributed by atoms with Gasteiger partial charge in [0.25, 0.3) is 15.9 Å². The van der Waals surface area contributed by atoms with E-state index in [-0.39, 0.29) is 23.7 Å². The quantitative estimate of drug-likeness (QED) is 0.858. The first-order valence-electron chi connectivity index (χ1n) is 7.67. The average Bonchev–Trinajstić information content (AvgIpc) is 3.09. The molecule has 2 aliphatic heterocycles. The van der Waals surface area contributed by atoms with E-state index in [2.05, 4.69) is 19.7 Å². The molecule has 132 valence electrons. The van der Waals surface area contributed by atoms with Crippen LogP contribution in [0.25, 0.3) is 11.3 Å². The highest BCUT2D eigenvalue weighted by Crippen LogP contribution is 2.25. The highest BCUT2D eigenvalue weighted by molar-refractivity contribution is 7.90. The maximum absolute atomic E-state index is 12.6. The lowest BCUT2D eigenvalue weighted by molar-refractivity contribution is -0.112. The summed E-state index contributed by atoms with van der Waals surface area (Å²) in [6.45, 7) is 0.269. The van der Waals surface area contributed by atoms with Crippen LogP contribution in [0.5, 0.6) is 0 Å². The third-order valence-corrected chi connectivity index (χ3v) is 5.69. The number of rotatable bonds is 3. The molecule has 0 aliphatic carbocycles. The van der Waals surface area contributed by atoms with Gasteiger partial charge in [-0.05, 0) is 24.3 Å². The van der Waals surface area contributed by atoms with E-state index in [0.29, 0.717) is 10.8 Å². The van der Waals surface area contributed by atoms with Gasteiger partial charge in [-0.3, -0.25) is 15.1 Å². The first-order chi connectivity index (χ1) is 12.5. The van der Waals surface area contributed by atoms with Gasteiger partial charge in [0.05, 0.1) is 17.0 Å². The summed E-state index contributed by atoms with van der Waals surface area (Å²) in [4.78, 5) is 22.7. The van der Waals surface area contributed by atoms with Gasteiger partial charge >= 0.3 is 0 Å². The van der Waals surface area contributed by atoms with Crippen molar-refractivity contribution >= 4 is 38.2 Å². The topological polar surface area (TPSA) is 105 Å². The maximum atomic E-state index is 12.6. The molecule has 0 spiro atoms. The monoisotopic (exact) mass is 387 g/mol. The van der Waals surface area contributed by atoms with Crippen molar-refractivity contribution in [2.45, 2.75) is 0 Å². The van der Waals surface area contributed by atoms with E-state index in [0.717, 1.165) is 5.56 Å². The second kappa shape index (κ2) is 6.46. The number of carbonyl (C=O) groups excluding carboxylic acids is 1. The Morgan fingerprint density at radius 2 is 2.23 bits per heavy atom. The van der Waals surface area contributed by atoms with E-state index >= 15 is 0 Å². The van der Waals surface area contributed by atoms with Crippen molar-refractivity contribution in [3.8, 4) is 11.3 Å². The first kappa shape index (κ1) is 16.6. The summed E-state index contributed by atoms with van der Waals surface area (Å²) in [5.41, 5.74) is 1.74. The summed E-state index contributed by atoms with van der Waals surface area (Å²) in [6, 6.07) is 3.68. The molecule has 0 saturated carbocycles. The van der Waals surface area contributed by atoms with Gasteiger partial charge in [0.2, 0.25) is 0 Å². The van der Waals surface area contributed by atoms with Crippen LogP contribution in [0.3, 0.4) is 0 Å². The fourth-order valence-corrected chi connectivity index (χ4v) is 4.24. The molecule has 4 rings (SSSR count). The number of allylic oxidation sites excluding steroid dienone is 2. The van der Waals surface area contributed by atoms with Crippen LogP contribution in [-0.2, 0) is 14.8 Å². The summed E-state index contributed by atoms with van der Waals surface area (Å²) >= 11 is 1.28. The fraction of sp³-hybridized carbons (Fsp3) is 0.125. The number of hydrogen-bond acceptors (Lipinski definition) is 7. The van der Waals surface area contributed by atoms with E-state index in [1.54, 1.807) is 35.6 Å². The number of anilines is 1. The Morgan fingerprint density at radius 1 is 1.35 bits per heavy atom. The molecule has 2 aliphatic rings. The second-order valence-electron chi connectivity index (χ2n) is 5.55. The van der Waals surface area contributed by atoms with Crippen molar-refractivity contribution in [1.82, 2.24) is 14.9 Å². The standard InChI is InChI=1S/C16H13N5O3S2/c22-15(12-4-2-6-21-7-8-26(23,24)20-14(12)21)19-16-18-13(10-25-16)11-3-1-5-17-9-11/h1-6,9-10H,7-8H2,(H,18,19,22). The molecule has 0 unspecified atom stereocenters. The number of amides is 1. The average molecular weight is 387 g/mol. The molecule has 1 N–H and O–H groups in total. The van der Waals surface area contributed by atoms with E-state index in [1.165, 1.54) is 11.3 Å². The van der Waals surface area contributed by atoms with Gasteiger partial charge < -0.3 is 4.90 Å². The van der Waals surface area contributed by atoms with Gasteiger partial charge in [0, 0.05) is 36.1 Å². The van der Waals surface area contributed by atoms with Crippen molar-refractivity contribution in [3.05, 3.63) is 53.8 Å². The molecule has 2 aromatic rings. The largest absolute Gasteiger partial charge is 0.331 e. The van der Waals surface area contributed by atoms with Gasteiger partial charge in [-0.25, -0.2) is 13.4 Å². The van der Waals surface area contributed by atoms with Crippen molar-refractivity contribution in [3.63, 3.8) is 0 Å². The zero-order valence-electron chi connectivity index (χ0n) is 13.4. The summed E-state index contributed by atoms with van der Waals surface area (Å²) < 4.78 is 27.3. The molecule has 4 heterocycles. The van der Waals surface area contributed by atoms with Crippen LogP contribution in [0.15, 0.2) is 58.2 Å². The number of thiazole rings is 1. The fourth-order valence-electron chi connectivity index (χ4n) is 2.54. The van der Waals surface area contributed by atoms with E-state index in [1.807, 2.05) is 17.5 Å². The molecular formula is C16H13N5O3S2. The number of amidine groups is 1. The van der Waals surface area contributed by atoms with Crippen molar-refractivity contribution in [2.75, 3.05) is 17.6 Å². The number of nitrogens with one attached hydrogen (secondary N) is 1. The molecule has 0 saturated heterocycles. The third-order valence-electron chi connectivity index (χ3n) is 3.78. The summed E-state index contributed by atoms with van der Waals surface area (Å²) in [7, 11) is -3.55. The first-order valence-corrected chi connectivity index (χ1v) is 10.2. The smallest absolute Gasteiger partial charge is 0.261 e. The van der Waals surface area contributed by atoms with Crippen LogP contribution >= 0.6 is 11.3 Å². The van der Waals surface area contributed by atoms with Crippen LogP contribution < -0.4 is 5.32 Å². The minimum atomic E-state index is -3.55. The molecule has 0 radical (unpaired) electrons. The minimum Gasteiger partial charge on any atom is -0.331 e. The number of sulfonamides is 1. The molecular weight excluding hydrogens is 374 g/mol. The highest BCUT2D eigenvalue weighted by atomic mass is 32.2. The highest BCUT2D eigenvalue weighted by Gasteiger charge is 2.30.